The summed E-state index contributed by atoms with van der Waals surface area (Å²) in [6.45, 7) is 2.35. The van der Waals surface area contributed by atoms with Crippen LogP contribution < -0.4 is 10.1 Å². The van der Waals surface area contributed by atoms with E-state index in [0.29, 0.717) is 34.6 Å². The maximum absolute atomic E-state index is 11.9. The van der Waals surface area contributed by atoms with Gasteiger partial charge in [-0.15, -0.1) is 12.4 Å². The highest BCUT2D eigenvalue weighted by Gasteiger charge is 2.28. The van der Waals surface area contributed by atoms with Crippen molar-refractivity contribution < 1.29 is 19.0 Å². The third-order valence-electron chi connectivity index (χ3n) is 4.49. The van der Waals surface area contributed by atoms with Gasteiger partial charge in [-0.3, -0.25) is 0 Å². The topological polar surface area (TPSA) is 56.8 Å². The molecular weight excluding hydrogens is 425 g/mol. The predicted molar refractivity (Wildman–Crippen MR) is 112 cm³/mol. The van der Waals surface area contributed by atoms with Crippen molar-refractivity contribution >= 4 is 41.6 Å². The first-order chi connectivity index (χ1) is 13.1. The summed E-state index contributed by atoms with van der Waals surface area (Å²) in [4.78, 5) is 11.9. The Bertz CT molecular complexity index is 803. The van der Waals surface area contributed by atoms with Crippen molar-refractivity contribution in [3.63, 3.8) is 0 Å². The van der Waals surface area contributed by atoms with E-state index in [0.717, 1.165) is 18.7 Å². The van der Waals surface area contributed by atoms with Gasteiger partial charge >= 0.3 is 5.97 Å². The van der Waals surface area contributed by atoms with Crippen molar-refractivity contribution in [2.75, 3.05) is 33.4 Å². The number of rotatable bonds is 5. The number of hydrogen-bond donors (Lipinski definition) is 1. The Morgan fingerprint density at radius 3 is 2.75 bits per heavy atom. The fourth-order valence-corrected chi connectivity index (χ4v) is 3.38. The summed E-state index contributed by atoms with van der Waals surface area (Å²) in [6.07, 6.45) is -0.206. The van der Waals surface area contributed by atoms with Crippen LogP contribution in [0.3, 0.4) is 0 Å². The normalized spacial score (nSPS) is 19.2. The molecule has 2 atom stereocenters. The van der Waals surface area contributed by atoms with Gasteiger partial charge in [0.2, 0.25) is 0 Å². The number of halogens is 3. The van der Waals surface area contributed by atoms with Crippen molar-refractivity contribution in [2.45, 2.75) is 12.0 Å². The Balaban J connectivity index is 0.00000280. The molecule has 2 aromatic rings. The second kappa shape index (κ2) is 10.9. The van der Waals surface area contributed by atoms with Gasteiger partial charge in [0.25, 0.3) is 0 Å². The summed E-state index contributed by atoms with van der Waals surface area (Å²) in [6, 6.07) is 12.6. The van der Waals surface area contributed by atoms with Crippen LogP contribution in [0.2, 0.25) is 10.0 Å². The molecule has 0 aliphatic carbocycles. The third-order valence-corrected chi connectivity index (χ3v) is 5.23. The molecule has 2 aromatic carbocycles. The maximum atomic E-state index is 11.9. The summed E-state index contributed by atoms with van der Waals surface area (Å²) in [7, 11) is 1.35. The highest BCUT2D eigenvalue weighted by molar-refractivity contribution is 6.42. The lowest BCUT2D eigenvalue weighted by Gasteiger charge is -2.26. The maximum Gasteiger partial charge on any atom is 0.341 e. The SMILES string of the molecule is COC(=O)c1ccccc1OCC1OCCNCC1c1ccc(Cl)c(Cl)c1.Cl. The predicted octanol–water partition coefficient (Wildman–Crippen LogP) is 4.35. The summed E-state index contributed by atoms with van der Waals surface area (Å²) in [5.41, 5.74) is 1.41. The second-order valence-electron chi connectivity index (χ2n) is 6.19. The highest BCUT2D eigenvalue weighted by atomic mass is 35.5. The van der Waals surface area contributed by atoms with Crippen LogP contribution >= 0.6 is 35.6 Å². The standard InChI is InChI=1S/C20H21Cl2NO4.ClH/c1-25-20(24)14-4-2-3-5-18(14)27-12-19-15(11-23-8-9-26-19)13-6-7-16(21)17(22)10-13;/h2-7,10,15,19,23H,8-9,11-12H2,1H3;1H. The van der Waals surface area contributed by atoms with E-state index in [4.69, 9.17) is 37.4 Å². The average Bonchev–Trinajstić information content (AvgIpc) is 2.93. The van der Waals surface area contributed by atoms with E-state index < -0.39 is 5.97 Å². The van der Waals surface area contributed by atoms with E-state index in [-0.39, 0.29) is 24.4 Å². The molecule has 0 saturated carbocycles. The van der Waals surface area contributed by atoms with Gasteiger partial charge in [0.15, 0.2) is 0 Å². The van der Waals surface area contributed by atoms with Crippen LogP contribution in [0.1, 0.15) is 21.8 Å². The minimum absolute atomic E-state index is 0. The summed E-state index contributed by atoms with van der Waals surface area (Å²) in [5, 5.41) is 4.39. The number of esters is 1. The van der Waals surface area contributed by atoms with Gasteiger partial charge in [-0.05, 0) is 29.8 Å². The van der Waals surface area contributed by atoms with Gasteiger partial charge in [0, 0.05) is 19.0 Å². The molecule has 8 heteroatoms. The van der Waals surface area contributed by atoms with Gasteiger partial charge in [-0.25, -0.2) is 4.79 Å². The Morgan fingerprint density at radius 2 is 2.00 bits per heavy atom. The molecule has 1 aliphatic heterocycles. The monoisotopic (exact) mass is 445 g/mol. The number of benzene rings is 2. The van der Waals surface area contributed by atoms with Gasteiger partial charge in [-0.1, -0.05) is 41.4 Å². The zero-order chi connectivity index (χ0) is 19.2. The molecule has 1 heterocycles. The smallest absolute Gasteiger partial charge is 0.341 e. The van der Waals surface area contributed by atoms with Crippen LogP contribution in [0.15, 0.2) is 42.5 Å². The lowest BCUT2D eigenvalue weighted by molar-refractivity contribution is 0.0175. The fraction of sp³-hybridized carbons (Fsp3) is 0.350. The van der Waals surface area contributed by atoms with Crippen molar-refractivity contribution in [1.29, 1.82) is 0 Å². The molecule has 152 valence electrons. The summed E-state index contributed by atoms with van der Waals surface area (Å²) < 4.78 is 16.8. The molecule has 1 aliphatic rings. The largest absolute Gasteiger partial charge is 0.490 e. The Labute approximate surface area is 180 Å². The van der Waals surface area contributed by atoms with E-state index in [1.807, 2.05) is 18.2 Å². The molecule has 0 aromatic heterocycles. The fourth-order valence-electron chi connectivity index (χ4n) is 3.07. The molecular formula is C20H22Cl3NO4. The number of nitrogens with one attached hydrogen (secondary N) is 1. The Kier molecular flexibility index (Phi) is 8.86. The van der Waals surface area contributed by atoms with Gasteiger partial charge in [-0.2, -0.15) is 0 Å². The number of methoxy groups -OCH3 is 1. The van der Waals surface area contributed by atoms with Crippen LogP contribution in [-0.4, -0.2) is 45.5 Å². The summed E-state index contributed by atoms with van der Waals surface area (Å²) in [5.74, 6) is 0.0701. The van der Waals surface area contributed by atoms with E-state index in [2.05, 4.69) is 5.32 Å². The molecule has 2 unspecified atom stereocenters. The van der Waals surface area contributed by atoms with Crippen molar-refractivity contribution in [3.05, 3.63) is 63.6 Å². The first kappa shape index (κ1) is 22.8. The molecule has 0 radical (unpaired) electrons. The molecule has 1 N–H and O–H groups in total. The Hall–Kier alpha value is -1.50. The quantitative estimate of drug-likeness (QED) is 0.692. The molecule has 0 bridgehead atoms. The number of carbonyl (C=O) groups excluding carboxylic acids is 1. The van der Waals surface area contributed by atoms with E-state index in [9.17, 15) is 4.79 Å². The lowest BCUT2D eigenvalue weighted by Crippen LogP contribution is -2.32. The lowest BCUT2D eigenvalue weighted by atomic mass is 9.93. The number of carbonyl (C=O) groups is 1. The number of para-hydroxylation sites is 1. The highest BCUT2D eigenvalue weighted by Crippen LogP contribution is 2.30. The summed E-state index contributed by atoms with van der Waals surface area (Å²) >= 11 is 12.2. The van der Waals surface area contributed by atoms with Crippen molar-refractivity contribution in [1.82, 2.24) is 5.32 Å². The average molecular weight is 447 g/mol. The van der Waals surface area contributed by atoms with E-state index in [1.54, 1.807) is 24.3 Å². The number of ether oxygens (including phenoxy) is 3. The first-order valence-electron chi connectivity index (χ1n) is 8.67. The zero-order valence-electron chi connectivity index (χ0n) is 15.3. The molecule has 1 fully saturated rings. The number of hydrogen-bond acceptors (Lipinski definition) is 5. The van der Waals surface area contributed by atoms with Crippen LogP contribution in [0.25, 0.3) is 0 Å². The van der Waals surface area contributed by atoms with E-state index in [1.165, 1.54) is 7.11 Å². The molecule has 0 amide bonds. The van der Waals surface area contributed by atoms with Crippen LogP contribution in [-0.2, 0) is 9.47 Å². The minimum Gasteiger partial charge on any atom is -0.490 e. The molecule has 0 spiro atoms. The second-order valence-corrected chi connectivity index (χ2v) is 7.01. The molecule has 1 saturated heterocycles. The first-order valence-corrected chi connectivity index (χ1v) is 9.43. The van der Waals surface area contributed by atoms with E-state index >= 15 is 0 Å². The molecule has 28 heavy (non-hydrogen) atoms. The van der Waals surface area contributed by atoms with Crippen molar-refractivity contribution in [3.8, 4) is 5.75 Å². The van der Waals surface area contributed by atoms with Gasteiger partial charge < -0.3 is 19.5 Å². The van der Waals surface area contributed by atoms with Crippen LogP contribution in [0.5, 0.6) is 5.75 Å². The third kappa shape index (κ3) is 5.52. The molecule has 3 rings (SSSR count). The van der Waals surface area contributed by atoms with Crippen LogP contribution in [0.4, 0.5) is 0 Å². The Morgan fingerprint density at radius 1 is 1.21 bits per heavy atom. The van der Waals surface area contributed by atoms with Crippen LogP contribution in [0, 0.1) is 0 Å². The minimum atomic E-state index is -0.435. The molecule has 5 nitrogen and oxygen atoms in total. The zero-order valence-corrected chi connectivity index (χ0v) is 17.7. The van der Waals surface area contributed by atoms with Gasteiger partial charge in [0.05, 0.1) is 29.9 Å². The van der Waals surface area contributed by atoms with Crippen molar-refractivity contribution in [2.24, 2.45) is 0 Å². The van der Waals surface area contributed by atoms with Gasteiger partial charge in [0.1, 0.15) is 17.9 Å².